The van der Waals surface area contributed by atoms with E-state index >= 15 is 0 Å². The third kappa shape index (κ3) is 5.37. The van der Waals surface area contributed by atoms with Crippen LogP contribution in [0.3, 0.4) is 0 Å². The second-order valence-electron chi connectivity index (χ2n) is 6.57. The second-order valence-corrected chi connectivity index (χ2v) is 8.38. The van der Waals surface area contributed by atoms with E-state index in [0.29, 0.717) is 24.0 Å². The zero-order valence-corrected chi connectivity index (χ0v) is 17.0. The Bertz CT molecular complexity index is 1060. The van der Waals surface area contributed by atoms with E-state index in [1.54, 1.807) is 6.20 Å². The van der Waals surface area contributed by atoms with E-state index in [4.69, 9.17) is 0 Å². The highest BCUT2D eigenvalue weighted by atomic mass is 32.2. The number of anilines is 1. The van der Waals surface area contributed by atoms with Gasteiger partial charge in [-0.2, -0.15) is 0 Å². The number of aromatic nitrogens is 4. The Kier molecular flexibility index (Phi) is 6.05. The molecule has 3 aromatic rings. The van der Waals surface area contributed by atoms with Gasteiger partial charge in [0.05, 0.1) is 5.75 Å². The van der Waals surface area contributed by atoms with E-state index in [2.05, 4.69) is 25.0 Å². The van der Waals surface area contributed by atoms with E-state index in [0.717, 1.165) is 17.0 Å². The van der Waals surface area contributed by atoms with Crippen LogP contribution >= 0.6 is 0 Å². The molecule has 0 bridgehead atoms. The van der Waals surface area contributed by atoms with Crippen molar-refractivity contribution >= 4 is 15.8 Å². The summed E-state index contributed by atoms with van der Waals surface area (Å²) in [6, 6.07) is 9.30. The Hall–Kier alpha value is -2.78. The smallest absolute Gasteiger partial charge is 0.215 e. The largest absolute Gasteiger partial charge is 0.369 e. The number of rotatable bonds is 8. The number of imidazole rings is 1. The molecule has 2 aromatic heterocycles. The van der Waals surface area contributed by atoms with Gasteiger partial charge in [0.1, 0.15) is 23.3 Å². The first-order valence-electron chi connectivity index (χ1n) is 8.95. The van der Waals surface area contributed by atoms with Gasteiger partial charge in [-0.15, -0.1) is 0 Å². The highest BCUT2D eigenvalue weighted by molar-refractivity contribution is 7.88. The average molecular weight is 401 g/mol. The topological polar surface area (TPSA) is 102 Å². The molecule has 0 aliphatic heterocycles. The summed E-state index contributed by atoms with van der Waals surface area (Å²) >= 11 is 0. The lowest BCUT2D eigenvalue weighted by molar-refractivity contribution is 0.582. The van der Waals surface area contributed by atoms with Gasteiger partial charge in [-0.3, -0.25) is 4.57 Å². The van der Waals surface area contributed by atoms with Crippen LogP contribution in [-0.4, -0.2) is 41.0 Å². The van der Waals surface area contributed by atoms with Gasteiger partial charge in [-0.1, -0.05) is 29.8 Å². The molecule has 28 heavy (non-hydrogen) atoms. The van der Waals surface area contributed by atoms with Crippen LogP contribution in [0.25, 0.3) is 5.82 Å². The summed E-state index contributed by atoms with van der Waals surface area (Å²) in [4.78, 5) is 13.0. The lowest BCUT2D eigenvalue weighted by Gasteiger charge is -2.11. The minimum atomic E-state index is -3.40. The van der Waals surface area contributed by atoms with Gasteiger partial charge in [-0.05, 0) is 26.3 Å². The lowest BCUT2D eigenvalue weighted by Crippen LogP contribution is -2.30. The van der Waals surface area contributed by atoms with Crippen LogP contribution in [0.1, 0.15) is 22.8 Å². The van der Waals surface area contributed by atoms with Crippen LogP contribution in [0, 0.1) is 20.8 Å². The predicted molar refractivity (Wildman–Crippen MR) is 109 cm³/mol. The summed E-state index contributed by atoms with van der Waals surface area (Å²) in [7, 11) is -3.40. The van der Waals surface area contributed by atoms with Gasteiger partial charge in [0.25, 0.3) is 0 Å². The third-order valence-electron chi connectivity index (χ3n) is 4.09. The quantitative estimate of drug-likeness (QED) is 0.562. The van der Waals surface area contributed by atoms with Gasteiger partial charge in [-0.25, -0.2) is 28.1 Å². The van der Waals surface area contributed by atoms with Gasteiger partial charge in [0.15, 0.2) is 0 Å². The van der Waals surface area contributed by atoms with Crippen molar-refractivity contribution in [1.82, 2.24) is 24.2 Å². The summed E-state index contributed by atoms with van der Waals surface area (Å²) in [5, 5.41) is 3.14. The molecule has 0 unspecified atom stereocenters. The molecule has 3 rings (SSSR count). The molecule has 148 valence electrons. The minimum absolute atomic E-state index is 0.0364. The zero-order chi connectivity index (χ0) is 20.1. The van der Waals surface area contributed by atoms with E-state index < -0.39 is 10.0 Å². The molecular formula is C19H24N6O2S. The number of benzene rings is 1. The molecule has 1 aromatic carbocycles. The van der Waals surface area contributed by atoms with Crippen LogP contribution in [0.4, 0.5) is 5.82 Å². The van der Waals surface area contributed by atoms with Crippen molar-refractivity contribution in [2.45, 2.75) is 26.5 Å². The zero-order valence-electron chi connectivity index (χ0n) is 16.2. The molecule has 0 saturated heterocycles. The minimum Gasteiger partial charge on any atom is -0.369 e. The predicted octanol–water partition coefficient (Wildman–Crippen LogP) is 2.12. The molecule has 0 amide bonds. The van der Waals surface area contributed by atoms with Crippen molar-refractivity contribution in [2.75, 3.05) is 18.4 Å². The summed E-state index contributed by atoms with van der Waals surface area (Å²) < 4.78 is 29.0. The number of nitrogens with zero attached hydrogens (tertiary/aromatic N) is 4. The summed E-state index contributed by atoms with van der Waals surface area (Å²) in [5.74, 6) is 2.75. The molecule has 0 radical (unpaired) electrons. The number of hydrogen-bond acceptors (Lipinski definition) is 6. The average Bonchev–Trinajstić information content (AvgIpc) is 3.04. The number of nitrogens with one attached hydrogen (secondary N) is 2. The lowest BCUT2D eigenvalue weighted by atomic mass is 10.2. The van der Waals surface area contributed by atoms with Crippen molar-refractivity contribution in [2.24, 2.45) is 0 Å². The molecule has 0 spiro atoms. The van der Waals surface area contributed by atoms with Gasteiger partial charge < -0.3 is 5.32 Å². The van der Waals surface area contributed by atoms with E-state index in [-0.39, 0.29) is 12.3 Å². The van der Waals surface area contributed by atoms with Crippen LogP contribution in [0.15, 0.2) is 42.7 Å². The second kappa shape index (κ2) is 8.49. The summed E-state index contributed by atoms with van der Waals surface area (Å²) in [5.41, 5.74) is 1.81. The summed E-state index contributed by atoms with van der Waals surface area (Å²) in [6.45, 7) is 6.32. The van der Waals surface area contributed by atoms with Crippen molar-refractivity contribution in [3.8, 4) is 5.82 Å². The Labute approximate surface area is 165 Å². The van der Waals surface area contributed by atoms with Crippen LogP contribution < -0.4 is 10.0 Å². The first-order valence-corrected chi connectivity index (χ1v) is 10.6. The van der Waals surface area contributed by atoms with Crippen LogP contribution in [0.2, 0.25) is 0 Å². The van der Waals surface area contributed by atoms with Crippen molar-refractivity contribution in [3.63, 3.8) is 0 Å². The fourth-order valence-electron chi connectivity index (χ4n) is 2.86. The van der Waals surface area contributed by atoms with Crippen molar-refractivity contribution in [3.05, 3.63) is 65.5 Å². The van der Waals surface area contributed by atoms with Gasteiger partial charge in [0, 0.05) is 31.5 Å². The van der Waals surface area contributed by atoms with Crippen molar-refractivity contribution < 1.29 is 8.42 Å². The molecule has 9 heteroatoms. The van der Waals surface area contributed by atoms with E-state index in [9.17, 15) is 8.42 Å². The monoisotopic (exact) mass is 400 g/mol. The highest BCUT2D eigenvalue weighted by Crippen LogP contribution is 2.12. The molecular weight excluding hydrogens is 376 g/mol. The Balaban J connectivity index is 1.56. The highest BCUT2D eigenvalue weighted by Gasteiger charge is 2.11. The molecule has 0 saturated carbocycles. The van der Waals surface area contributed by atoms with E-state index in [1.807, 2.05) is 61.9 Å². The standard InChI is InChI=1S/C19H24N6O2S/c1-14-5-4-6-17(11-14)13-28(26,27)22-8-7-21-18-12-19(24-15(2)23-18)25-10-9-20-16(25)3/h4-6,9-12,22H,7-8,13H2,1-3H3,(H,21,23,24). The maximum atomic E-state index is 12.2. The molecule has 2 N–H and O–H groups in total. The molecule has 0 aliphatic rings. The fourth-order valence-corrected chi connectivity index (χ4v) is 3.99. The van der Waals surface area contributed by atoms with Crippen LogP contribution in [0.5, 0.6) is 0 Å². The SMILES string of the molecule is Cc1cccc(CS(=O)(=O)NCCNc2cc(-n3ccnc3C)nc(C)n2)c1. The maximum absolute atomic E-state index is 12.2. The van der Waals surface area contributed by atoms with Crippen molar-refractivity contribution in [1.29, 1.82) is 0 Å². The van der Waals surface area contributed by atoms with Gasteiger partial charge in [0.2, 0.25) is 10.0 Å². The third-order valence-corrected chi connectivity index (χ3v) is 5.45. The fraction of sp³-hybridized carbons (Fsp3) is 0.316. The maximum Gasteiger partial charge on any atom is 0.215 e. The summed E-state index contributed by atoms with van der Waals surface area (Å²) in [6.07, 6.45) is 3.54. The molecule has 8 nitrogen and oxygen atoms in total. The molecule has 0 aliphatic carbocycles. The Morgan fingerprint density at radius 1 is 1.07 bits per heavy atom. The molecule has 0 fully saturated rings. The normalized spacial score (nSPS) is 11.5. The molecule has 0 atom stereocenters. The Morgan fingerprint density at radius 2 is 1.89 bits per heavy atom. The molecule has 2 heterocycles. The number of aryl methyl sites for hydroxylation is 3. The van der Waals surface area contributed by atoms with Crippen LogP contribution in [-0.2, 0) is 15.8 Å². The Morgan fingerprint density at radius 3 is 2.61 bits per heavy atom. The van der Waals surface area contributed by atoms with Gasteiger partial charge >= 0.3 is 0 Å². The number of hydrogen-bond donors (Lipinski definition) is 2. The number of sulfonamides is 1. The first-order chi connectivity index (χ1) is 13.3. The van der Waals surface area contributed by atoms with E-state index in [1.165, 1.54) is 0 Å². The first kappa shape index (κ1) is 20.0.